The van der Waals surface area contributed by atoms with Crippen molar-refractivity contribution in [1.82, 2.24) is 0 Å². The summed E-state index contributed by atoms with van der Waals surface area (Å²) in [6.07, 6.45) is 3.34. The van der Waals surface area contributed by atoms with Gasteiger partial charge in [0.2, 0.25) is 5.91 Å². The molecule has 0 unspecified atom stereocenters. The summed E-state index contributed by atoms with van der Waals surface area (Å²) in [6.45, 7) is 6.33. The van der Waals surface area contributed by atoms with Crippen molar-refractivity contribution < 1.29 is 18.7 Å². The predicted molar refractivity (Wildman–Crippen MR) is 133 cm³/mol. The molecule has 33 heavy (non-hydrogen) atoms. The molecule has 3 aromatic carbocycles. The number of rotatable bonds is 7. The van der Waals surface area contributed by atoms with Crippen molar-refractivity contribution in [3.8, 4) is 22.6 Å². The molecular weight excluding hydrogens is 414 g/mol. The summed E-state index contributed by atoms with van der Waals surface area (Å²) in [5.74, 6) is 1.28. The first-order valence-electron chi connectivity index (χ1n) is 10.9. The highest BCUT2D eigenvalue weighted by atomic mass is 16.5. The number of aryl methyl sites for hydroxylation is 1. The quantitative estimate of drug-likeness (QED) is 0.318. The number of ether oxygens (including phenoxy) is 2. The lowest BCUT2D eigenvalue weighted by Crippen LogP contribution is -2.08. The molecule has 1 aromatic heterocycles. The molecule has 4 rings (SSSR count). The van der Waals surface area contributed by atoms with E-state index in [2.05, 4.69) is 5.32 Å². The number of fused-ring (bicyclic) bond motifs is 1. The number of amides is 1. The summed E-state index contributed by atoms with van der Waals surface area (Å²) in [6, 6.07) is 19.3. The van der Waals surface area contributed by atoms with Gasteiger partial charge in [-0.25, -0.2) is 0 Å². The number of hydrogen-bond donors (Lipinski definition) is 1. The Balaban J connectivity index is 1.82. The number of nitrogens with one attached hydrogen (secondary N) is 1. The zero-order valence-corrected chi connectivity index (χ0v) is 19.3. The number of furan rings is 1. The Kier molecular flexibility index (Phi) is 6.50. The number of para-hydroxylation sites is 2. The van der Waals surface area contributed by atoms with Crippen LogP contribution < -0.4 is 14.8 Å². The fraction of sp³-hybridized carbons (Fsp3) is 0.179. The fourth-order valence-electron chi connectivity index (χ4n) is 3.99. The highest BCUT2D eigenvalue weighted by molar-refractivity contribution is 6.06. The number of methoxy groups -OCH3 is 1. The second kappa shape index (κ2) is 9.65. The molecule has 0 radical (unpaired) electrons. The average Bonchev–Trinajstić information content (AvgIpc) is 3.25. The zero-order chi connectivity index (χ0) is 23.4. The Bertz CT molecular complexity index is 1320. The summed E-state index contributed by atoms with van der Waals surface area (Å²) in [4.78, 5) is 12.7. The lowest BCUT2D eigenvalue weighted by molar-refractivity contribution is -0.111. The predicted octanol–water partition coefficient (Wildman–Crippen LogP) is 6.86. The molecule has 0 aliphatic carbocycles. The van der Waals surface area contributed by atoms with Crippen molar-refractivity contribution in [3.05, 3.63) is 84.1 Å². The summed E-state index contributed by atoms with van der Waals surface area (Å²) in [7, 11) is 1.66. The summed E-state index contributed by atoms with van der Waals surface area (Å²) in [5.41, 5.74) is 5.91. The summed E-state index contributed by atoms with van der Waals surface area (Å²) >= 11 is 0. The normalized spacial score (nSPS) is 11.5. The van der Waals surface area contributed by atoms with E-state index in [4.69, 9.17) is 13.9 Å². The van der Waals surface area contributed by atoms with Gasteiger partial charge in [0.15, 0.2) is 0 Å². The van der Waals surface area contributed by atoms with Crippen LogP contribution in [-0.4, -0.2) is 19.6 Å². The summed E-state index contributed by atoms with van der Waals surface area (Å²) < 4.78 is 17.5. The number of anilines is 1. The van der Waals surface area contributed by atoms with Gasteiger partial charge in [-0.1, -0.05) is 36.4 Å². The average molecular weight is 442 g/mol. The fourth-order valence-corrected chi connectivity index (χ4v) is 3.99. The van der Waals surface area contributed by atoms with E-state index in [0.717, 1.165) is 50.2 Å². The van der Waals surface area contributed by atoms with Crippen molar-refractivity contribution in [2.24, 2.45) is 0 Å². The highest BCUT2D eigenvalue weighted by Crippen LogP contribution is 2.42. The monoisotopic (exact) mass is 441 g/mol. The number of benzene rings is 3. The zero-order valence-electron chi connectivity index (χ0n) is 19.3. The van der Waals surface area contributed by atoms with Crippen molar-refractivity contribution in [2.45, 2.75) is 20.8 Å². The maximum absolute atomic E-state index is 12.7. The molecule has 0 saturated carbocycles. The van der Waals surface area contributed by atoms with Crippen LogP contribution in [0.25, 0.3) is 27.7 Å². The van der Waals surface area contributed by atoms with Gasteiger partial charge < -0.3 is 19.2 Å². The molecular formula is C28H27NO4. The van der Waals surface area contributed by atoms with Gasteiger partial charge in [0.25, 0.3) is 0 Å². The van der Waals surface area contributed by atoms with E-state index >= 15 is 0 Å². The molecule has 0 bridgehead atoms. The first-order valence-corrected chi connectivity index (χ1v) is 10.9. The van der Waals surface area contributed by atoms with Crippen LogP contribution in [0.3, 0.4) is 0 Å². The van der Waals surface area contributed by atoms with Gasteiger partial charge in [0, 0.05) is 39.4 Å². The van der Waals surface area contributed by atoms with E-state index in [1.165, 1.54) is 0 Å². The van der Waals surface area contributed by atoms with Crippen LogP contribution in [0.1, 0.15) is 25.0 Å². The minimum Gasteiger partial charge on any atom is -0.496 e. The van der Waals surface area contributed by atoms with Gasteiger partial charge in [0.1, 0.15) is 17.1 Å². The smallest absolute Gasteiger partial charge is 0.248 e. The molecule has 5 nitrogen and oxygen atoms in total. The molecule has 0 fully saturated rings. The van der Waals surface area contributed by atoms with Gasteiger partial charge in [0.05, 0.1) is 20.0 Å². The highest BCUT2D eigenvalue weighted by Gasteiger charge is 2.20. The van der Waals surface area contributed by atoms with Crippen molar-refractivity contribution in [1.29, 1.82) is 0 Å². The Hall–Kier alpha value is -3.99. The van der Waals surface area contributed by atoms with E-state index in [0.29, 0.717) is 12.4 Å². The molecule has 1 amide bonds. The molecule has 4 aromatic rings. The minimum atomic E-state index is -0.198. The van der Waals surface area contributed by atoms with Crippen LogP contribution in [0.4, 0.5) is 5.69 Å². The third-order valence-corrected chi connectivity index (χ3v) is 5.54. The van der Waals surface area contributed by atoms with Crippen molar-refractivity contribution >= 4 is 28.1 Å². The SMILES string of the molecule is CCOc1c(/C(C)=C/C(=O)Nc2ccccc2)cc2c(-c3ccccc3OC)coc2c1C. The van der Waals surface area contributed by atoms with Crippen molar-refractivity contribution in [3.63, 3.8) is 0 Å². The van der Waals surface area contributed by atoms with Crippen LogP contribution in [-0.2, 0) is 4.79 Å². The standard InChI is InChI=1S/C28H27NO4/c1-5-32-27-19(3)28-23(24(17-33-28)21-13-9-10-14-25(21)31-4)16-22(27)18(2)15-26(30)29-20-11-7-6-8-12-20/h6-17H,5H2,1-4H3,(H,29,30)/b18-15+. The Labute approximate surface area is 193 Å². The van der Waals surface area contributed by atoms with E-state index in [1.54, 1.807) is 19.4 Å². The van der Waals surface area contributed by atoms with Crippen LogP contribution in [0, 0.1) is 6.92 Å². The number of carbonyl (C=O) groups is 1. The number of allylic oxidation sites excluding steroid dienone is 1. The number of carbonyl (C=O) groups excluding carboxylic acids is 1. The maximum atomic E-state index is 12.7. The molecule has 1 heterocycles. The molecule has 5 heteroatoms. The van der Waals surface area contributed by atoms with Crippen molar-refractivity contribution in [2.75, 3.05) is 19.0 Å². The van der Waals surface area contributed by atoms with Gasteiger partial charge in [-0.05, 0) is 50.6 Å². The Morgan fingerprint density at radius 3 is 2.52 bits per heavy atom. The molecule has 168 valence electrons. The first kappa shape index (κ1) is 22.2. The van der Waals surface area contributed by atoms with E-state index in [-0.39, 0.29) is 5.91 Å². The van der Waals surface area contributed by atoms with Crippen LogP contribution in [0.15, 0.2) is 77.4 Å². The van der Waals surface area contributed by atoms with Crippen LogP contribution in [0.5, 0.6) is 11.5 Å². The largest absolute Gasteiger partial charge is 0.496 e. The molecule has 0 aliphatic rings. The van der Waals surface area contributed by atoms with E-state index in [9.17, 15) is 4.79 Å². The second-order valence-electron chi connectivity index (χ2n) is 7.72. The van der Waals surface area contributed by atoms with E-state index in [1.807, 2.05) is 81.4 Å². The third kappa shape index (κ3) is 4.48. The molecule has 0 saturated heterocycles. The number of hydrogen-bond acceptors (Lipinski definition) is 4. The van der Waals surface area contributed by atoms with Gasteiger partial charge in [-0.2, -0.15) is 0 Å². The summed E-state index contributed by atoms with van der Waals surface area (Å²) in [5, 5.41) is 3.84. The minimum absolute atomic E-state index is 0.198. The Morgan fingerprint density at radius 2 is 1.79 bits per heavy atom. The Morgan fingerprint density at radius 1 is 1.06 bits per heavy atom. The maximum Gasteiger partial charge on any atom is 0.248 e. The van der Waals surface area contributed by atoms with Gasteiger partial charge in [-0.15, -0.1) is 0 Å². The van der Waals surface area contributed by atoms with Crippen LogP contribution >= 0.6 is 0 Å². The second-order valence-corrected chi connectivity index (χ2v) is 7.72. The van der Waals surface area contributed by atoms with Crippen LogP contribution in [0.2, 0.25) is 0 Å². The molecule has 0 atom stereocenters. The topological polar surface area (TPSA) is 60.7 Å². The molecule has 0 spiro atoms. The lowest BCUT2D eigenvalue weighted by atomic mass is 9.96. The molecule has 0 aliphatic heterocycles. The van der Waals surface area contributed by atoms with Gasteiger partial charge >= 0.3 is 0 Å². The first-order chi connectivity index (χ1) is 16.0. The third-order valence-electron chi connectivity index (χ3n) is 5.54. The van der Waals surface area contributed by atoms with Gasteiger partial charge in [-0.3, -0.25) is 4.79 Å². The lowest BCUT2D eigenvalue weighted by Gasteiger charge is -2.15. The molecule has 1 N–H and O–H groups in total. The van der Waals surface area contributed by atoms with E-state index < -0.39 is 0 Å².